The van der Waals surface area contributed by atoms with Gasteiger partial charge in [-0.15, -0.1) is 0 Å². The molecule has 1 rings (SSSR count). The van der Waals surface area contributed by atoms with E-state index in [2.05, 4.69) is 29.4 Å². The van der Waals surface area contributed by atoms with Gasteiger partial charge in [-0.3, -0.25) is 9.69 Å². The number of piperidine rings is 1. The highest BCUT2D eigenvalue weighted by Crippen LogP contribution is 2.09. The van der Waals surface area contributed by atoms with Crippen molar-refractivity contribution in [2.75, 3.05) is 32.7 Å². The summed E-state index contributed by atoms with van der Waals surface area (Å²) in [6.07, 6.45) is 4.54. The van der Waals surface area contributed by atoms with E-state index in [1.807, 2.05) is 0 Å². The van der Waals surface area contributed by atoms with Crippen molar-refractivity contribution < 1.29 is 4.79 Å². The Morgan fingerprint density at radius 1 is 1.18 bits per heavy atom. The molecule has 0 aromatic carbocycles. The molecule has 100 valence electrons. The first-order valence-corrected chi connectivity index (χ1v) is 6.98. The number of carbonyl (C=O) groups is 1. The van der Waals surface area contributed by atoms with Crippen LogP contribution in [0.2, 0.25) is 0 Å². The number of hydrogen-bond donors (Lipinski definition) is 2. The number of nitrogens with zero attached hydrogens (tertiary/aromatic N) is 1. The van der Waals surface area contributed by atoms with Crippen LogP contribution in [0.15, 0.2) is 0 Å². The van der Waals surface area contributed by atoms with Gasteiger partial charge in [-0.2, -0.15) is 0 Å². The zero-order valence-electron chi connectivity index (χ0n) is 11.3. The lowest BCUT2D eigenvalue weighted by Crippen LogP contribution is -2.46. The second-order valence-corrected chi connectivity index (χ2v) is 4.85. The molecule has 0 atom stereocenters. The maximum absolute atomic E-state index is 11.6. The van der Waals surface area contributed by atoms with Gasteiger partial charge in [0.25, 0.3) is 0 Å². The van der Waals surface area contributed by atoms with Crippen LogP contribution in [0, 0.1) is 0 Å². The van der Waals surface area contributed by atoms with Gasteiger partial charge in [0.15, 0.2) is 0 Å². The van der Waals surface area contributed by atoms with Crippen molar-refractivity contribution in [2.24, 2.45) is 0 Å². The van der Waals surface area contributed by atoms with Crippen LogP contribution in [-0.2, 0) is 4.79 Å². The molecule has 0 spiro atoms. The molecule has 0 radical (unpaired) electrons. The van der Waals surface area contributed by atoms with Crippen LogP contribution in [-0.4, -0.2) is 49.6 Å². The molecule has 0 aromatic heterocycles. The van der Waals surface area contributed by atoms with Gasteiger partial charge in [0.2, 0.25) is 5.91 Å². The van der Waals surface area contributed by atoms with Gasteiger partial charge in [0.1, 0.15) is 0 Å². The highest BCUT2D eigenvalue weighted by Gasteiger charge is 2.19. The average Bonchev–Trinajstić information content (AvgIpc) is 2.35. The van der Waals surface area contributed by atoms with Crippen LogP contribution in [0.4, 0.5) is 0 Å². The molecular formula is C13H27N3O. The van der Waals surface area contributed by atoms with E-state index in [1.165, 1.54) is 19.3 Å². The Balaban J connectivity index is 2.12. The number of carbonyl (C=O) groups excluding carboxylic acids is 1. The van der Waals surface area contributed by atoms with Crippen molar-refractivity contribution in [3.8, 4) is 0 Å². The lowest BCUT2D eigenvalue weighted by molar-refractivity contribution is -0.122. The summed E-state index contributed by atoms with van der Waals surface area (Å²) in [5.74, 6) is 0.173. The molecule has 1 fully saturated rings. The van der Waals surface area contributed by atoms with Crippen LogP contribution >= 0.6 is 0 Å². The Bertz CT molecular complexity index is 213. The Morgan fingerprint density at radius 2 is 1.82 bits per heavy atom. The third-order valence-corrected chi connectivity index (χ3v) is 3.21. The van der Waals surface area contributed by atoms with Crippen molar-refractivity contribution in [1.29, 1.82) is 0 Å². The third kappa shape index (κ3) is 6.03. The fourth-order valence-corrected chi connectivity index (χ4v) is 2.17. The van der Waals surface area contributed by atoms with E-state index in [0.29, 0.717) is 12.6 Å². The molecule has 4 heteroatoms. The van der Waals surface area contributed by atoms with Crippen molar-refractivity contribution in [2.45, 2.75) is 45.6 Å². The minimum atomic E-state index is 0.173. The van der Waals surface area contributed by atoms with Gasteiger partial charge in [-0.1, -0.05) is 13.8 Å². The Labute approximate surface area is 105 Å². The monoisotopic (exact) mass is 241 g/mol. The minimum Gasteiger partial charge on any atom is -0.355 e. The first-order chi connectivity index (χ1) is 8.26. The summed E-state index contributed by atoms with van der Waals surface area (Å²) in [6.45, 7) is 8.84. The largest absolute Gasteiger partial charge is 0.355 e. The lowest BCUT2D eigenvalue weighted by Gasteiger charge is -2.31. The van der Waals surface area contributed by atoms with Gasteiger partial charge in [-0.25, -0.2) is 0 Å². The first-order valence-electron chi connectivity index (χ1n) is 6.98. The highest BCUT2D eigenvalue weighted by molar-refractivity contribution is 5.77. The molecule has 2 N–H and O–H groups in total. The molecular weight excluding hydrogens is 214 g/mol. The Kier molecular flexibility index (Phi) is 7.21. The summed E-state index contributed by atoms with van der Waals surface area (Å²) in [5, 5.41) is 6.48. The second-order valence-electron chi connectivity index (χ2n) is 4.85. The zero-order valence-corrected chi connectivity index (χ0v) is 11.3. The topological polar surface area (TPSA) is 44.4 Å². The van der Waals surface area contributed by atoms with Crippen molar-refractivity contribution in [3.05, 3.63) is 0 Å². The predicted octanol–water partition coefficient (Wildman–Crippen LogP) is 0.977. The maximum atomic E-state index is 11.6. The van der Waals surface area contributed by atoms with E-state index >= 15 is 0 Å². The second kappa shape index (κ2) is 8.48. The molecule has 1 heterocycles. The van der Waals surface area contributed by atoms with Gasteiger partial charge < -0.3 is 10.6 Å². The van der Waals surface area contributed by atoms with Crippen molar-refractivity contribution >= 4 is 5.91 Å². The normalized spacial score (nSPS) is 18.2. The van der Waals surface area contributed by atoms with Crippen LogP contribution in [0.5, 0.6) is 0 Å². The van der Waals surface area contributed by atoms with Crippen LogP contribution in [0.3, 0.4) is 0 Å². The van der Waals surface area contributed by atoms with E-state index in [4.69, 9.17) is 0 Å². The van der Waals surface area contributed by atoms with Gasteiger partial charge in [0.05, 0.1) is 6.54 Å². The Hall–Kier alpha value is -0.610. The molecule has 1 aliphatic rings. The maximum Gasteiger partial charge on any atom is 0.234 e. The van der Waals surface area contributed by atoms with Gasteiger partial charge >= 0.3 is 0 Å². The third-order valence-electron chi connectivity index (χ3n) is 3.21. The molecule has 1 aliphatic heterocycles. The summed E-state index contributed by atoms with van der Waals surface area (Å²) in [7, 11) is 0. The number of hydrogen-bond acceptors (Lipinski definition) is 3. The minimum absolute atomic E-state index is 0.173. The average molecular weight is 241 g/mol. The first kappa shape index (κ1) is 14.5. The number of likely N-dealkylation sites (tertiary alicyclic amines) is 1. The Morgan fingerprint density at radius 3 is 2.41 bits per heavy atom. The molecule has 0 saturated carbocycles. The zero-order chi connectivity index (χ0) is 12.5. The number of rotatable bonds is 7. The van der Waals surface area contributed by atoms with Crippen LogP contribution < -0.4 is 10.6 Å². The molecule has 17 heavy (non-hydrogen) atoms. The SMILES string of the molecule is CCCNC(=O)CN1CCC(NCCC)CC1. The number of nitrogens with one attached hydrogen (secondary N) is 2. The molecule has 1 amide bonds. The van der Waals surface area contributed by atoms with Crippen LogP contribution in [0.1, 0.15) is 39.5 Å². The van der Waals surface area contributed by atoms with E-state index < -0.39 is 0 Å². The standard InChI is InChI=1S/C13H27N3O/c1-3-7-14-12-5-9-16(10-6-12)11-13(17)15-8-4-2/h12,14H,3-11H2,1-2H3,(H,15,17). The van der Waals surface area contributed by atoms with Crippen LogP contribution in [0.25, 0.3) is 0 Å². The van der Waals surface area contributed by atoms with Crippen molar-refractivity contribution in [3.63, 3.8) is 0 Å². The predicted molar refractivity (Wildman–Crippen MR) is 71.1 cm³/mol. The molecule has 0 aliphatic carbocycles. The summed E-state index contributed by atoms with van der Waals surface area (Å²) >= 11 is 0. The molecule has 4 nitrogen and oxygen atoms in total. The summed E-state index contributed by atoms with van der Waals surface area (Å²) in [6, 6.07) is 0.657. The van der Waals surface area contributed by atoms with Gasteiger partial charge in [-0.05, 0) is 32.2 Å². The molecule has 0 aromatic rings. The van der Waals surface area contributed by atoms with E-state index in [-0.39, 0.29) is 5.91 Å². The van der Waals surface area contributed by atoms with E-state index in [9.17, 15) is 4.79 Å². The smallest absolute Gasteiger partial charge is 0.234 e. The van der Waals surface area contributed by atoms with E-state index in [0.717, 1.165) is 32.6 Å². The summed E-state index contributed by atoms with van der Waals surface area (Å²) < 4.78 is 0. The van der Waals surface area contributed by atoms with Crippen molar-refractivity contribution in [1.82, 2.24) is 15.5 Å². The van der Waals surface area contributed by atoms with E-state index in [1.54, 1.807) is 0 Å². The fraction of sp³-hybridized carbons (Fsp3) is 0.923. The number of amides is 1. The highest BCUT2D eigenvalue weighted by atomic mass is 16.2. The molecule has 0 bridgehead atoms. The molecule has 1 saturated heterocycles. The van der Waals surface area contributed by atoms with Gasteiger partial charge in [0, 0.05) is 25.7 Å². The quantitative estimate of drug-likeness (QED) is 0.698. The molecule has 0 unspecified atom stereocenters. The summed E-state index contributed by atoms with van der Waals surface area (Å²) in [4.78, 5) is 13.8. The lowest BCUT2D eigenvalue weighted by atomic mass is 10.1. The fourth-order valence-electron chi connectivity index (χ4n) is 2.17. The summed E-state index contributed by atoms with van der Waals surface area (Å²) in [5.41, 5.74) is 0.